The average molecular weight is 186 g/mol. The molecule has 3 heteroatoms. The zero-order valence-electron chi connectivity index (χ0n) is 8.83. The Morgan fingerprint density at radius 2 is 2.08 bits per heavy atom. The van der Waals surface area contributed by atoms with Crippen LogP contribution in [0.5, 0.6) is 0 Å². The van der Waals surface area contributed by atoms with Crippen molar-refractivity contribution in [3.8, 4) is 0 Å². The molecule has 0 aliphatic carbocycles. The Kier molecular flexibility index (Phi) is 4.70. The van der Waals surface area contributed by atoms with Crippen LogP contribution in [0.3, 0.4) is 0 Å². The Morgan fingerprint density at radius 3 is 2.54 bits per heavy atom. The molecule has 1 rings (SSSR count). The molecule has 1 aliphatic heterocycles. The molecule has 2 N–H and O–H groups in total. The van der Waals surface area contributed by atoms with E-state index in [9.17, 15) is 0 Å². The fourth-order valence-corrected chi connectivity index (χ4v) is 1.90. The van der Waals surface area contributed by atoms with Crippen LogP contribution in [0.4, 0.5) is 0 Å². The molecule has 0 aromatic carbocycles. The van der Waals surface area contributed by atoms with Gasteiger partial charge in [0, 0.05) is 32.3 Å². The summed E-state index contributed by atoms with van der Waals surface area (Å²) in [4.78, 5) is 2.43. The molecule has 0 bridgehead atoms. The molecular weight excluding hydrogens is 164 g/mol. The SMILES string of the molecule is CCOC1CCN(C[C@@H](C)N)CC1. The van der Waals surface area contributed by atoms with Gasteiger partial charge in [-0.3, -0.25) is 0 Å². The molecule has 0 aromatic heterocycles. The van der Waals surface area contributed by atoms with Crippen molar-refractivity contribution in [3.05, 3.63) is 0 Å². The monoisotopic (exact) mass is 186 g/mol. The van der Waals surface area contributed by atoms with Crippen molar-refractivity contribution in [1.29, 1.82) is 0 Å². The lowest BCUT2D eigenvalue weighted by Gasteiger charge is -2.32. The Balaban J connectivity index is 2.15. The fraction of sp³-hybridized carbons (Fsp3) is 1.00. The first-order valence-electron chi connectivity index (χ1n) is 5.32. The maximum atomic E-state index is 5.74. The standard InChI is InChI=1S/C10H22N2O/c1-3-13-10-4-6-12(7-5-10)8-9(2)11/h9-10H,3-8,11H2,1-2H3/t9-/m1/s1. The summed E-state index contributed by atoms with van der Waals surface area (Å²) in [6, 6.07) is 0.295. The smallest absolute Gasteiger partial charge is 0.0599 e. The fourth-order valence-electron chi connectivity index (χ4n) is 1.90. The van der Waals surface area contributed by atoms with Crippen molar-refractivity contribution < 1.29 is 4.74 Å². The zero-order valence-corrected chi connectivity index (χ0v) is 8.83. The summed E-state index contributed by atoms with van der Waals surface area (Å²) in [7, 11) is 0. The summed E-state index contributed by atoms with van der Waals surface area (Å²) in [5.41, 5.74) is 5.74. The van der Waals surface area contributed by atoms with Crippen LogP contribution in [0.2, 0.25) is 0 Å². The normalized spacial score (nSPS) is 23.3. The number of likely N-dealkylation sites (tertiary alicyclic amines) is 1. The van der Waals surface area contributed by atoms with Gasteiger partial charge < -0.3 is 15.4 Å². The van der Waals surface area contributed by atoms with E-state index in [-0.39, 0.29) is 0 Å². The summed E-state index contributed by atoms with van der Waals surface area (Å²) in [5, 5.41) is 0. The minimum atomic E-state index is 0.295. The summed E-state index contributed by atoms with van der Waals surface area (Å²) in [5.74, 6) is 0. The highest BCUT2D eigenvalue weighted by molar-refractivity contribution is 4.74. The van der Waals surface area contributed by atoms with Crippen molar-refractivity contribution in [2.75, 3.05) is 26.2 Å². The Hall–Kier alpha value is -0.120. The second-order valence-corrected chi connectivity index (χ2v) is 3.93. The van der Waals surface area contributed by atoms with Gasteiger partial charge in [0.15, 0.2) is 0 Å². The third-order valence-electron chi connectivity index (χ3n) is 2.48. The van der Waals surface area contributed by atoms with Crippen LogP contribution in [-0.2, 0) is 4.74 Å². The lowest BCUT2D eigenvalue weighted by atomic mass is 10.1. The van der Waals surface area contributed by atoms with E-state index in [0.29, 0.717) is 12.1 Å². The van der Waals surface area contributed by atoms with Crippen LogP contribution >= 0.6 is 0 Å². The quantitative estimate of drug-likeness (QED) is 0.707. The molecule has 78 valence electrons. The number of piperidine rings is 1. The molecule has 3 nitrogen and oxygen atoms in total. The Bertz CT molecular complexity index is 131. The summed E-state index contributed by atoms with van der Waals surface area (Å²) < 4.78 is 5.58. The first-order valence-corrected chi connectivity index (χ1v) is 5.32. The molecule has 1 atom stereocenters. The number of hydrogen-bond donors (Lipinski definition) is 1. The van der Waals surface area contributed by atoms with E-state index in [0.717, 1.165) is 26.2 Å². The molecule has 1 saturated heterocycles. The van der Waals surface area contributed by atoms with Gasteiger partial charge >= 0.3 is 0 Å². The van der Waals surface area contributed by atoms with Gasteiger partial charge in [-0.15, -0.1) is 0 Å². The largest absolute Gasteiger partial charge is 0.378 e. The predicted molar refractivity (Wildman–Crippen MR) is 54.7 cm³/mol. The van der Waals surface area contributed by atoms with Gasteiger partial charge in [0.2, 0.25) is 0 Å². The summed E-state index contributed by atoms with van der Waals surface area (Å²) in [6.07, 6.45) is 2.83. The van der Waals surface area contributed by atoms with Crippen LogP contribution in [-0.4, -0.2) is 43.3 Å². The van der Waals surface area contributed by atoms with Gasteiger partial charge in [-0.1, -0.05) is 0 Å². The van der Waals surface area contributed by atoms with E-state index in [2.05, 4.69) is 18.7 Å². The third kappa shape index (κ3) is 4.07. The van der Waals surface area contributed by atoms with Crippen LogP contribution in [0.15, 0.2) is 0 Å². The molecule has 13 heavy (non-hydrogen) atoms. The van der Waals surface area contributed by atoms with Gasteiger partial charge in [0.05, 0.1) is 6.10 Å². The van der Waals surface area contributed by atoms with Gasteiger partial charge in [-0.05, 0) is 26.7 Å². The summed E-state index contributed by atoms with van der Waals surface area (Å²) >= 11 is 0. The lowest BCUT2D eigenvalue weighted by molar-refractivity contribution is 0.0135. The van der Waals surface area contributed by atoms with Crippen LogP contribution < -0.4 is 5.73 Å². The molecule has 1 fully saturated rings. The van der Waals surface area contributed by atoms with Crippen LogP contribution in [0.1, 0.15) is 26.7 Å². The second-order valence-electron chi connectivity index (χ2n) is 3.93. The van der Waals surface area contributed by atoms with Crippen molar-refractivity contribution in [1.82, 2.24) is 4.90 Å². The summed E-state index contributed by atoms with van der Waals surface area (Å²) in [6.45, 7) is 8.29. The van der Waals surface area contributed by atoms with Crippen LogP contribution in [0.25, 0.3) is 0 Å². The second kappa shape index (κ2) is 5.58. The van der Waals surface area contributed by atoms with Crippen molar-refractivity contribution in [2.45, 2.75) is 38.8 Å². The first kappa shape index (κ1) is 11.0. The minimum absolute atomic E-state index is 0.295. The maximum Gasteiger partial charge on any atom is 0.0599 e. The highest BCUT2D eigenvalue weighted by atomic mass is 16.5. The van der Waals surface area contributed by atoms with Crippen LogP contribution in [0, 0.1) is 0 Å². The molecule has 1 heterocycles. The molecular formula is C10H22N2O. The molecule has 0 radical (unpaired) electrons. The van der Waals surface area contributed by atoms with Gasteiger partial charge in [-0.25, -0.2) is 0 Å². The Morgan fingerprint density at radius 1 is 1.46 bits per heavy atom. The van der Waals surface area contributed by atoms with E-state index in [1.165, 1.54) is 12.8 Å². The topological polar surface area (TPSA) is 38.5 Å². The molecule has 1 aliphatic rings. The number of hydrogen-bond acceptors (Lipinski definition) is 3. The van der Waals surface area contributed by atoms with E-state index < -0.39 is 0 Å². The van der Waals surface area contributed by atoms with Crippen molar-refractivity contribution in [3.63, 3.8) is 0 Å². The van der Waals surface area contributed by atoms with Gasteiger partial charge in [0.25, 0.3) is 0 Å². The Labute approximate surface area is 81.2 Å². The lowest BCUT2D eigenvalue weighted by Crippen LogP contribution is -2.42. The first-order chi connectivity index (χ1) is 6.22. The van der Waals surface area contributed by atoms with Crippen molar-refractivity contribution in [2.24, 2.45) is 5.73 Å². The van der Waals surface area contributed by atoms with E-state index in [1.807, 2.05) is 0 Å². The zero-order chi connectivity index (χ0) is 9.68. The highest BCUT2D eigenvalue weighted by Crippen LogP contribution is 2.13. The number of nitrogens with two attached hydrogens (primary N) is 1. The average Bonchev–Trinajstić information content (AvgIpc) is 2.08. The molecule has 0 saturated carbocycles. The van der Waals surface area contributed by atoms with E-state index in [1.54, 1.807) is 0 Å². The maximum absolute atomic E-state index is 5.74. The molecule has 0 amide bonds. The number of nitrogens with zero attached hydrogens (tertiary/aromatic N) is 1. The van der Waals surface area contributed by atoms with Gasteiger partial charge in [-0.2, -0.15) is 0 Å². The van der Waals surface area contributed by atoms with E-state index in [4.69, 9.17) is 10.5 Å². The van der Waals surface area contributed by atoms with Crippen molar-refractivity contribution >= 4 is 0 Å². The number of rotatable bonds is 4. The predicted octanol–water partition coefficient (Wildman–Crippen LogP) is 0.834. The van der Waals surface area contributed by atoms with Gasteiger partial charge in [0.1, 0.15) is 0 Å². The minimum Gasteiger partial charge on any atom is -0.378 e. The van der Waals surface area contributed by atoms with E-state index >= 15 is 0 Å². The number of ether oxygens (including phenoxy) is 1. The molecule has 0 spiro atoms. The molecule has 0 aromatic rings. The third-order valence-corrected chi connectivity index (χ3v) is 2.48. The molecule has 0 unspecified atom stereocenters. The highest BCUT2D eigenvalue weighted by Gasteiger charge is 2.19.